The molecule has 0 unspecified atom stereocenters. The van der Waals surface area contributed by atoms with Gasteiger partial charge in [-0.15, -0.1) is 0 Å². The Kier molecular flexibility index (Phi) is 4.10. The standard InChI is InChI=1S/C12H11F3N4O2/c1-21-11-8(3-2-5-16-11)17-10(20)7-19-6-4-9(18-19)12(13,14)15/h2-6H,7H2,1H3,(H,17,20). The van der Waals surface area contributed by atoms with Crippen LogP contribution in [-0.4, -0.2) is 27.8 Å². The highest BCUT2D eigenvalue weighted by Crippen LogP contribution is 2.27. The highest BCUT2D eigenvalue weighted by molar-refractivity contribution is 5.91. The summed E-state index contributed by atoms with van der Waals surface area (Å²) in [6.07, 6.45) is -1.96. The Morgan fingerprint density at radius 3 is 2.81 bits per heavy atom. The van der Waals surface area contributed by atoms with Crippen molar-refractivity contribution in [3.05, 3.63) is 36.3 Å². The summed E-state index contributed by atoms with van der Waals surface area (Å²) < 4.78 is 43.0. The number of hydrogen-bond donors (Lipinski definition) is 1. The zero-order valence-electron chi connectivity index (χ0n) is 10.9. The lowest BCUT2D eigenvalue weighted by atomic mass is 10.4. The van der Waals surface area contributed by atoms with Gasteiger partial charge in [-0.2, -0.15) is 18.3 Å². The van der Waals surface area contributed by atoms with Gasteiger partial charge < -0.3 is 10.1 Å². The van der Waals surface area contributed by atoms with Crippen LogP contribution in [0.15, 0.2) is 30.6 Å². The number of carbonyl (C=O) groups is 1. The molecule has 6 nitrogen and oxygen atoms in total. The van der Waals surface area contributed by atoms with Crippen LogP contribution in [0, 0.1) is 0 Å². The zero-order chi connectivity index (χ0) is 15.5. The summed E-state index contributed by atoms with van der Waals surface area (Å²) in [6, 6.07) is 3.96. The van der Waals surface area contributed by atoms with Gasteiger partial charge in [0.15, 0.2) is 5.69 Å². The number of methoxy groups -OCH3 is 1. The minimum absolute atomic E-state index is 0.210. The van der Waals surface area contributed by atoms with Crippen molar-refractivity contribution in [1.29, 1.82) is 0 Å². The van der Waals surface area contributed by atoms with Crippen molar-refractivity contribution >= 4 is 11.6 Å². The van der Waals surface area contributed by atoms with Gasteiger partial charge in [-0.3, -0.25) is 9.48 Å². The molecular weight excluding hydrogens is 289 g/mol. The van der Waals surface area contributed by atoms with Gasteiger partial charge in [-0.25, -0.2) is 4.98 Å². The second-order valence-corrected chi connectivity index (χ2v) is 4.00. The molecule has 0 aliphatic heterocycles. The second kappa shape index (κ2) is 5.81. The number of carbonyl (C=O) groups excluding carboxylic acids is 1. The van der Waals surface area contributed by atoms with Crippen molar-refractivity contribution < 1.29 is 22.7 Å². The first-order chi connectivity index (χ1) is 9.90. The number of pyridine rings is 1. The van der Waals surface area contributed by atoms with Crippen molar-refractivity contribution in [2.75, 3.05) is 12.4 Å². The summed E-state index contributed by atoms with van der Waals surface area (Å²) in [4.78, 5) is 15.7. The van der Waals surface area contributed by atoms with Gasteiger partial charge in [0, 0.05) is 12.4 Å². The van der Waals surface area contributed by atoms with E-state index in [1.807, 2.05) is 0 Å². The molecule has 1 N–H and O–H groups in total. The Morgan fingerprint density at radius 1 is 1.43 bits per heavy atom. The fourth-order valence-electron chi connectivity index (χ4n) is 1.59. The fraction of sp³-hybridized carbons (Fsp3) is 0.250. The van der Waals surface area contributed by atoms with Gasteiger partial charge in [0.2, 0.25) is 11.8 Å². The molecule has 0 spiro atoms. The van der Waals surface area contributed by atoms with E-state index in [1.165, 1.54) is 13.3 Å². The fourth-order valence-corrected chi connectivity index (χ4v) is 1.59. The van der Waals surface area contributed by atoms with Crippen LogP contribution in [0.3, 0.4) is 0 Å². The van der Waals surface area contributed by atoms with Crippen molar-refractivity contribution in [1.82, 2.24) is 14.8 Å². The average Bonchev–Trinajstić information content (AvgIpc) is 2.87. The number of ether oxygens (including phenoxy) is 1. The summed E-state index contributed by atoms with van der Waals surface area (Å²) in [7, 11) is 1.39. The smallest absolute Gasteiger partial charge is 0.435 e. The van der Waals surface area contributed by atoms with Gasteiger partial charge in [0.1, 0.15) is 12.2 Å². The van der Waals surface area contributed by atoms with Crippen LogP contribution in [-0.2, 0) is 17.5 Å². The molecule has 2 aromatic heterocycles. The maximum Gasteiger partial charge on any atom is 0.435 e. The lowest BCUT2D eigenvalue weighted by Gasteiger charge is -2.08. The summed E-state index contributed by atoms with van der Waals surface area (Å²) in [6.45, 7) is -0.353. The minimum atomic E-state index is -4.53. The van der Waals surface area contributed by atoms with Crippen LogP contribution < -0.4 is 10.1 Å². The van der Waals surface area contributed by atoms with Crippen LogP contribution in [0.5, 0.6) is 5.88 Å². The van der Waals surface area contributed by atoms with E-state index in [4.69, 9.17) is 4.74 Å². The lowest BCUT2D eigenvalue weighted by molar-refractivity contribution is -0.141. The molecule has 112 valence electrons. The Morgan fingerprint density at radius 2 is 2.19 bits per heavy atom. The van der Waals surface area contributed by atoms with Crippen LogP contribution >= 0.6 is 0 Å². The number of anilines is 1. The molecule has 0 saturated heterocycles. The molecule has 0 aromatic carbocycles. The molecule has 2 heterocycles. The molecule has 0 aliphatic rings. The third kappa shape index (κ3) is 3.71. The van der Waals surface area contributed by atoms with E-state index in [0.717, 1.165) is 16.9 Å². The zero-order valence-corrected chi connectivity index (χ0v) is 10.9. The molecule has 21 heavy (non-hydrogen) atoms. The number of amides is 1. The highest BCUT2D eigenvalue weighted by Gasteiger charge is 2.33. The molecule has 0 aliphatic carbocycles. The van der Waals surface area contributed by atoms with Crippen molar-refractivity contribution in [3.63, 3.8) is 0 Å². The van der Waals surface area contributed by atoms with Gasteiger partial charge >= 0.3 is 6.18 Å². The number of aromatic nitrogens is 3. The summed E-state index contributed by atoms with van der Waals surface area (Å²) in [5, 5.41) is 5.78. The Hall–Kier alpha value is -2.58. The monoisotopic (exact) mass is 300 g/mol. The van der Waals surface area contributed by atoms with E-state index in [2.05, 4.69) is 15.4 Å². The van der Waals surface area contributed by atoms with E-state index in [0.29, 0.717) is 5.69 Å². The van der Waals surface area contributed by atoms with Gasteiger partial charge in [-0.05, 0) is 18.2 Å². The van der Waals surface area contributed by atoms with Crippen LogP contribution in [0.2, 0.25) is 0 Å². The van der Waals surface area contributed by atoms with Gasteiger partial charge in [-0.1, -0.05) is 0 Å². The van der Waals surface area contributed by atoms with E-state index in [9.17, 15) is 18.0 Å². The summed E-state index contributed by atoms with van der Waals surface area (Å²) in [5.41, 5.74) is -0.720. The molecule has 0 saturated carbocycles. The molecule has 0 fully saturated rings. The van der Waals surface area contributed by atoms with E-state index in [-0.39, 0.29) is 12.4 Å². The second-order valence-electron chi connectivity index (χ2n) is 4.00. The quantitative estimate of drug-likeness (QED) is 0.937. The Balaban J connectivity index is 2.03. The minimum Gasteiger partial charge on any atom is -0.480 e. The molecule has 0 atom stereocenters. The highest BCUT2D eigenvalue weighted by atomic mass is 19.4. The van der Waals surface area contributed by atoms with E-state index < -0.39 is 17.8 Å². The average molecular weight is 300 g/mol. The van der Waals surface area contributed by atoms with Crippen LogP contribution in [0.25, 0.3) is 0 Å². The summed E-state index contributed by atoms with van der Waals surface area (Å²) >= 11 is 0. The SMILES string of the molecule is COc1ncccc1NC(=O)Cn1ccc(C(F)(F)F)n1. The van der Waals surface area contributed by atoms with Crippen molar-refractivity contribution in [3.8, 4) is 5.88 Å². The predicted molar refractivity (Wildman–Crippen MR) is 66.6 cm³/mol. The predicted octanol–water partition coefficient (Wildman–Crippen LogP) is 1.94. The largest absolute Gasteiger partial charge is 0.480 e. The number of halogens is 3. The number of rotatable bonds is 4. The summed E-state index contributed by atoms with van der Waals surface area (Å²) in [5.74, 6) is -0.333. The first kappa shape index (κ1) is 14.8. The molecule has 9 heteroatoms. The van der Waals surface area contributed by atoms with Gasteiger partial charge in [0.05, 0.1) is 7.11 Å². The number of nitrogens with one attached hydrogen (secondary N) is 1. The Bertz CT molecular complexity index is 639. The molecule has 0 bridgehead atoms. The molecule has 0 radical (unpaired) electrons. The molecular formula is C12H11F3N4O2. The third-order valence-electron chi connectivity index (χ3n) is 2.48. The van der Waals surface area contributed by atoms with Crippen molar-refractivity contribution in [2.24, 2.45) is 0 Å². The molecule has 2 aromatic rings. The first-order valence-electron chi connectivity index (χ1n) is 5.79. The normalized spacial score (nSPS) is 11.2. The maximum atomic E-state index is 12.4. The number of nitrogens with zero attached hydrogens (tertiary/aromatic N) is 3. The first-order valence-corrected chi connectivity index (χ1v) is 5.79. The molecule has 1 amide bonds. The van der Waals surface area contributed by atoms with Crippen LogP contribution in [0.4, 0.5) is 18.9 Å². The van der Waals surface area contributed by atoms with E-state index in [1.54, 1.807) is 12.1 Å². The molecule has 2 rings (SSSR count). The Labute approximate surface area is 117 Å². The third-order valence-corrected chi connectivity index (χ3v) is 2.48. The van der Waals surface area contributed by atoms with Gasteiger partial charge in [0.25, 0.3) is 0 Å². The topological polar surface area (TPSA) is 69.0 Å². The maximum absolute atomic E-state index is 12.4. The van der Waals surface area contributed by atoms with Crippen LogP contribution in [0.1, 0.15) is 5.69 Å². The lowest BCUT2D eigenvalue weighted by Crippen LogP contribution is -2.20. The van der Waals surface area contributed by atoms with E-state index >= 15 is 0 Å². The van der Waals surface area contributed by atoms with Crippen molar-refractivity contribution in [2.45, 2.75) is 12.7 Å². The number of hydrogen-bond acceptors (Lipinski definition) is 4. The number of alkyl halides is 3.